The van der Waals surface area contributed by atoms with Crippen molar-refractivity contribution in [3.63, 3.8) is 0 Å². The van der Waals surface area contributed by atoms with Crippen LogP contribution in [0.2, 0.25) is 0 Å². The average Bonchev–Trinajstić information content (AvgIpc) is 3.46. The Kier molecular flexibility index (Phi) is 5.98. The fraction of sp³-hybridized carbons (Fsp3) is 0.308. The smallest absolute Gasteiger partial charge is 0.191 e. The molecule has 6 nitrogen and oxygen atoms in total. The molecule has 1 aliphatic rings. The van der Waals surface area contributed by atoms with Crippen LogP contribution in [-0.4, -0.2) is 38.2 Å². The highest BCUT2D eigenvalue weighted by molar-refractivity contribution is 7.16. The lowest BCUT2D eigenvalue weighted by Crippen LogP contribution is -2.43. The van der Waals surface area contributed by atoms with Crippen LogP contribution in [0.1, 0.15) is 23.1 Å². The topological polar surface area (TPSA) is 68.3 Å². The highest BCUT2D eigenvalue weighted by Crippen LogP contribution is 2.43. The summed E-state index contributed by atoms with van der Waals surface area (Å²) < 4.78 is 19.8. The molecule has 1 saturated heterocycles. The zero-order valence-electron chi connectivity index (χ0n) is 19.5. The van der Waals surface area contributed by atoms with Gasteiger partial charge in [-0.25, -0.2) is 9.37 Å². The monoisotopic (exact) mass is 475 g/mol. The van der Waals surface area contributed by atoms with E-state index in [2.05, 4.69) is 42.3 Å². The Balaban J connectivity index is 1.61. The van der Waals surface area contributed by atoms with Gasteiger partial charge in [-0.3, -0.25) is 0 Å². The Morgan fingerprint density at radius 2 is 1.97 bits per heavy atom. The summed E-state index contributed by atoms with van der Waals surface area (Å²) in [5.74, 6) is 0.568. The third kappa shape index (κ3) is 3.91. The summed E-state index contributed by atoms with van der Waals surface area (Å²) in [6.07, 6.45) is 0.734. The number of anilines is 3. The van der Waals surface area contributed by atoms with E-state index in [1.807, 2.05) is 11.9 Å². The van der Waals surface area contributed by atoms with Crippen molar-refractivity contribution in [1.82, 2.24) is 10.3 Å². The summed E-state index contributed by atoms with van der Waals surface area (Å²) in [4.78, 5) is 9.71. The number of hydrogen-bond acceptors (Lipinski definition) is 7. The van der Waals surface area contributed by atoms with Gasteiger partial charge >= 0.3 is 0 Å². The molecule has 0 amide bonds. The lowest BCUT2D eigenvalue weighted by molar-refractivity contribution is 0.555. The third-order valence-electron chi connectivity index (χ3n) is 6.26. The average molecular weight is 476 g/mol. The number of fused-ring (bicyclic) bond motifs is 1. The molecule has 3 heterocycles. The van der Waals surface area contributed by atoms with Crippen molar-refractivity contribution in [2.24, 2.45) is 0 Å². The third-order valence-corrected chi connectivity index (χ3v) is 7.30. The molecule has 0 unspecified atom stereocenters. The van der Waals surface area contributed by atoms with Gasteiger partial charge in [0.05, 0.1) is 5.69 Å². The highest BCUT2D eigenvalue weighted by atomic mass is 32.1. The molecule has 0 radical (unpaired) electrons. The van der Waals surface area contributed by atoms with Gasteiger partial charge in [-0.1, -0.05) is 18.3 Å². The van der Waals surface area contributed by atoms with Gasteiger partial charge in [-0.2, -0.15) is 5.26 Å². The Morgan fingerprint density at radius 3 is 2.65 bits per heavy atom. The fourth-order valence-electron chi connectivity index (χ4n) is 4.53. The van der Waals surface area contributed by atoms with Crippen molar-refractivity contribution < 1.29 is 8.81 Å². The van der Waals surface area contributed by atoms with Crippen LogP contribution in [0.4, 0.5) is 20.9 Å². The van der Waals surface area contributed by atoms with Crippen molar-refractivity contribution in [3.05, 3.63) is 58.4 Å². The lowest BCUT2D eigenvalue weighted by Gasteiger charge is -2.30. The molecule has 34 heavy (non-hydrogen) atoms. The molecular weight excluding hydrogens is 449 g/mol. The number of benzene rings is 2. The standard InChI is InChI=1S/C26H26FN5OS/c1-4-21-24(20-14-19(13-16(2)25(20)33-21)32-11-9-29-10-12-32)31(3)26-30-23(22(15-28)34-26)17-5-7-18(27)8-6-17/h5-8,13-14,29H,4,9-12H2,1-3H3. The molecule has 174 valence electrons. The van der Waals surface area contributed by atoms with Gasteiger partial charge < -0.3 is 19.5 Å². The van der Waals surface area contributed by atoms with Crippen LogP contribution in [0.5, 0.6) is 0 Å². The van der Waals surface area contributed by atoms with Crippen LogP contribution in [0.15, 0.2) is 40.8 Å². The molecule has 1 N–H and O–H groups in total. The highest BCUT2D eigenvalue weighted by Gasteiger charge is 2.24. The van der Waals surface area contributed by atoms with Gasteiger partial charge in [-0.05, 0) is 48.9 Å². The van der Waals surface area contributed by atoms with Crippen LogP contribution < -0.4 is 15.1 Å². The van der Waals surface area contributed by atoms with Crippen LogP contribution in [0.25, 0.3) is 22.2 Å². The van der Waals surface area contributed by atoms with E-state index in [1.165, 1.54) is 29.2 Å². The molecule has 2 aromatic carbocycles. The van der Waals surface area contributed by atoms with Gasteiger partial charge in [-0.15, -0.1) is 0 Å². The zero-order valence-corrected chi connectivity index (χ0v) is 20.3. The molecule has 0 saturated carbocycles. The number of nitrogens with one attached hydrogen (secondary N) is 1. The normalized spacial score (nSPS) is 13.9. The van der Waals surface area contributed by atoms with Gasteiger partial charge in [0.2, 0.25) is 0 Å². The molecule has 1 aliphatic heterocycles. The summed E-state index contributed by atoms with van der Waals surface area (Å²) >= 11 is 1.33. The number of nitriles is 1. The van der Waals surface area contributed by atoms with E-state index >= 15 is 0 Å². The number of furan rings is 1. The molecular formula is C26H26FN5OS. The van der Waals surface area contributed by atoms with Gasteiger partial charge in [0.25, 0.3) is 0 Å². The second-order valence-electron chi connectivity index (χ2n) is 8.46. The zero-order chi connectivity index (χ0) is 23.8. The molecule has 1 fully saturated rings. The number of halogens is 1. The van der Waals surface area contributed by atoms with Crippen molar-refractivity contribution in [3.8, 4) is 17.3 Å². The molecule has 5 rings (SSSR count). The van der Waals surface area contributed by atoms with E-state index in [1.54, 1.807) is 12.1 Å². The van der Waals surface area contributed by atoms with Crippen LogP contribution in [0.3, 0.4) is 0 Å². The molecule has 8 heteroatoms. The number of nitrogens with zero attached hydrogens (tertiary/aromatic N) is 4. The van der Waals surface area contributed by atoms with Crippen molar-refractivity contribution in [2.45, 2.75) is 20.3 Å². The van der Waals surface area contributed by atoms with Crippen LogP contribution in [-0.2, 0) is 6.42 Å². The molecule has 0 aliphatic carbocycles. The van der Waals surface area contributed by atoms with Gasteiger partial charge in [0.1, 0.15) is 33.8 Å². The Labute approximate surface area is 202 Å². The van der Waals surface area contributed by atoms with E-state index in [0.29, 0.717) is 15.7 Å². The van der Waals surface area contributed by atoms with E-state index in [4.69, 9.17) is 9.40 Å². The van der Waals surface area contributed by atoms with E-state index in [9.17, 15) is 9.65 Å². The second kappa shape index (κ2) is 9.09. The first-order valence-electron chi connectivity index (χ1n) is 11.4. The Bertz CT molecular complexity index is 1380. The van der Waals surface area contributed by atoms with Crippen molar-refractivity contribution >= 4 is 38.8 Å². The molecule has 0 spiro atoms. The molecule has 4 aromatic rings. The lowest BCUT2D eigenvalue weighted by atomic mass is 10.1. The maximum absolute atomic E-state index is 13.4. The Hall–Kier alpha value is -3.41. The maximum atomic E-state index is 13.4. The number of hydrogen-bond donors (Lipinski definition) is 1. The van der Waals surface area contributed by atoms with E-state index in [0.717, 1.165) is 66.1 Å². The van der Waals surface area contributed by atoms with Crippen LogP contribution in [0, 0.1) is 24.1 Å². The number of aryl methyl sites for hydroxylation is 2. The van der Waals surface area contributed by atoms with E-state index in [-0.39, 0.29) is 5.82 Å². The van der Waals surface area contributed by atoms with Gasteiger partial charge in [0.15, 0.2) is 5.13 Å². The minimum absolute atomic E-state index is 0.317. The number of piperazine rings is 1. The quantitative estimate of drug-likeness (QED) is 0.404. The Morgan fingerprint density at radius 1 is 1.24 bits per heavy atom. The maximum Gasteiger partial charge on any atom is 0.191 e. The number of thiazole rings is 1. The minimum atomic E-state index is -0.317. The van der Waals surface area contributed by atoms with Crippen molar-refractivity contribution in [1.29, 1.82) is 5.26 Å². The SMILES string of the molecule is CCc1oc2c(C)cc(N3CCNCC3)cc2c1N(C)c1nc(-c2ccc(F)cc2)c(C#N)s1. The van der Waals surface area contributed by atoms with Gasteiger partial charge in [0, 0.05) is 56.3 Å². The minimum Gasteiger partial charge on any atom is -0.459 e. The predicted molar refractivity (Wildman–Crippen MR) is 136 cm³/mol. The first-order valence-corrected chi connectivity index (χ1v) is 12.2. The second-order valence-corrected chi connectivity index (χ2v) is 9.43. The largest absolute Gasteiger partial charge is 0.459 e. The first-order chi connectivity index (χ1) is 16.5. The summed E-state index contributed by atoms with van der Waals surface area (Å²) in [6, 6.07) is 12.8. The number of aromatic nitrogens is 1. The number of rotatable bonds is 5. The predicted octanol–water partition coefficient (Wildman–Crippen LogP) is 5.62. The molecule has 2 aromatic heterocycles. The first kappa shape index (κ1) is 22.4. The van der Waals surface area contributed by atoms with E-state index < -0.39 is 0 Å². The summed E-state index contributed by atoms with van der Waals surface area (Å²) in [5, 5.41) is 14.9. The van der Waals surface area contributed by atoms with Crippen molar-refractivity contribution in [2.75, 3.05) is 43.0 Å². The fourth-order valence-corrected chi connectivity index (χ4v) is 5.38. The van der Waals surface area contributed by atoms with Crippen LogP contribution >= 0.6 is 11.3 Å². The summed E-state index contributed by atoms with van der Waals surface area (Å²) in [5.41, 5.74) is 5.43. The summed E-state index contributed by atoms with van der Waals surface area (Å²) in [6.45, 7) is 8.04. The molecule has 0 atom stereocenters. The molecule has 0 bridgehead atoms. The summed E-state index contributed by atoms with van der Waals surface area (Å²) in [7, 11) is 1.96.